The van der Waals surface area contributed by atoms with Crippen LogP contribution in [-0.2, 0) is 11.3 Å². The number of rotatable bonds is 6. The fourth-order valence-corrected chi connectivity index (χ4v) is 3.51. The SMILES string of the molecule is COc1cccc(CN(C)C(=O)CN2CCN(c3ccccc3C)CC2)c1. The Kier molecular flexibility index (Phi) is 6.35. The Labute approximate surface area is 162 Å². The first kappa shape index (κ1) is 19.2. The van der Waals surface area contributed by atoms with Crippen molar-refractivity contribution in [2.75, 3.05) is 51.8 Å². The largest absolute Gasteiger partial charge is 0.497 e. The van der Waals surface area contributed by atoms with Crippen LogP contribution in [0.3, 0.4) is 0 Å². The molecule has 0 unspecified atom stereocenters. The van der Waals surface area contributed by atoms with Crippen molar-refractivity contribution in [3.8, 4) is 5.75 Å². The highest BCUT2D eigenvalue weighted by Gasteiger charge is 2.21. The Morgan fingerprint density at radius 1 is 1.07 bits per heavy atom. The zero-order valence-corrected chi connectivity index (χ0v) is 16.5. The first-order valence-electron chi connectivity index (χ1n) is 9.46. The fourth-order valence-electron chi connectivity index (χ4n) is 3.51. The van der Waals surface area contributed by atoms with Crippen molar-refractivity contribution in [2.24, 2.45) is 0 Å². The molecule has 1 aliphatic heterocycles. The van der Waals surface area contributed by atoms with E-state index in [0.717, 1.165) is 37.5 Å². The Morgan fingerprint density at radius 2 is 1.81 bits per heavy atom. The van der Waals surface area contributed by atoms with Gasteiger partial charge in [0.05, 0.1) is 13.7 Å². The van der Waals surface area contributed by atoms with Crippen LogP contribution in [0, 0.1) is 6.92 Å². The minimum atomic E-state index is 0.155. The Balaban J connectivity index is 1.49. The van der Waals surface area contributed by atoms with Gasteiger partial charge in [-0.1, -0.05) is 30.3 Å². The molecule has 0 atom stereocenters. The van der Waals surface area contributed by atoms with E-state index in [0.29, 0.717) is 13.1 Å². The monoisotopic (exact) mass is 367 g/mol. The first-order chi connectivity index (χ1) is 13.1. The second-order valence-corrected chi connectivity index (χ2v) is 7.15. The number of hydrogen-bond donors (Lipinski definition) is 0. The average Bonchev–Trinajstić information content (AvgIpc) is 2.69. The van der Waals surface area contributed by atoms with Gasteiger partial charge >= 0.3 is 0 Å². The van der Waals surface area contributed by atoms with E-state index in [1.807, 2.05) is 31.3 Å². The zero-order valence-electron chi connectivity index (χ0n) is 16.5. The van der Waals surface area contributed by atoms with Gasteiger partial charge in [-0.05, 0) is 36.2 Å². The molecule has 0 N–H and O–H groups in total. The van der Waals surface area contributed by atoms with Crippen molar-refractivity contribution in [2.45, 2.75) is 13.5 Å². The predicted octanol–water partition coefficient (Wildman–Crippen LogP) is 2.78. The number of para-hydroxylation sites is 1. The van der Waals surface area contributed by atoms with E-state index in [1.54, 1.807) is 12.0 Å². The van der Waals surface area contributed by atoms with Crippen LogP contribution < -0.4 is 9.64 Å². The topological polar surface area (TPSA) is 36.0 Å². The number of methoxy groups -OCH3 is 1. The summed E-state index contributed by atoms with van der Waals surface area (Å²) in [5, 5.41) is 0. The molecule has 0 spiro atoms. The third kappa shape index (κ3) is 5.01. The van der Waals surface area contributed by atoms with Gasteiger partial charge in [0.15, 0.2) is 0 Å². The minimum Gasteiger partial charge on any atom is -0.497 e. The van der Waals surface area contributed by atoms with Crippen LogP contribution in [0.4, 0.5) is 5.69 Å². The molecular weight excluding hydrogens is 338 g/mol. The highest BCUT2D eigenvalue weighted by atomic mass is 16.5. The molecule has 0 aliphatic carbocycles. The maximum absolute atomic E-state index is 12.6. The van der Waals surface area contributed by atoms with Crippen LogP contribution in [0.2, 0.25) is 0 Å². The molecule has 144 valence electrons. The Morgan fingerprint density at radius 3 is 2.52 bits per heavy atom. The maximum atomic E-state index is 12.6. The van der Waals surface area contributed by atoms with Crippen LogP contribution in [0.15, 0.2) is 48.5 Å². The molecule has 1 fully saturated rings. The average molecular weight is 367 g/mol. The van der Waals surface area contributed by atoms with Crippen molar-refractivity contribution in [3.05, 3.63) is 59.7 Å². The van der Waals surface area contributed by atoms with Crippen molar-refractivity contribution in [1.82, 2.24) is 9.80 Å². The molecule has 27 heavy (non-hydrogen) atoms. The highest BCUT2D eigenvalue weighted by Crippen LogP contribution is 2.21. The van der Waals surface area contributed by atoms with E-state index < -0.39 is 0 Å². The summed E-state index contributed by atoms with van der Waals surface area (Å²) < 4.78 is 5.26. The Hall–Kier alpha value is -2.53. The van der Waals surface area contributed by atoms with Crippen LogP contribution in [0.5, 0.6) is 5.75 Å². The summed E-state index contributed by atoms with van der Waals surface area (Å²) in [5.74, 6) is 0.975. The lowest BCUT2D eigenvalue weighted by Gasteiger charge is -2.37. The number of carbonyl (C=O) groups excluding carboxylic acids is 1. The molecule has 0 aromatic heterocycles. The summed E-state index contributed by atoms with van der Waals surface area (Å²) in [7, 11) is 3.52. The van der Waals surface area contributed by atoms with Gasteiger partial charge in [-0.3, -0.25) is 9.69 Å². The number of ether oxygens (including phenoxy) is 1. The standard InChI is InChI=1S/C22H29N3O2/c1-18-7-4-5-10-21(18)25-13-11-24(12-14-25)17-22(26)23(2)16-19-8-6-9-20(15-19)27-3/h4-10,15H,11-14,16-17H2,1-3H3. The third-order valence-electron chi connectivity index (χ3n) is 5.17. The number of nitrogens with zero attached hydrogens (tertiary/aromatic N) is 3. The zero-order chi connectivity index (χ0) is 19.2. The summed E-state index contributed by atoms with van der Waals surface area (Å²) in [6.07, 6.45) is 0. The predicted molar refractivity (Wildman–Crippen MR) is 109 cm³/mol. The smallest absolute Gasteiger partial charge is 0.236 e. The third-order valence-corrected chi connectivity index (χ3v) is 5.17. The number of anilines is 1. The first-order valence-corrected chi connectivity index (χ1v) is 9.46. The lowest BCUT2D eigenvalue weighted by atomic mass is 10.1. The van der Waals surface area contributed by atoms with Gasteiger partial charge in [0, 0.05) is 45.5 Å². The summed E-state index contributed by atoms with van der Waals surface area (Å²) in [6.45, 7) is 6.95. The van der Waals surface area contributed by atoms with Gasteiger partial charge in [0.2, 0.25) is 5.91 Å². The van der Waals surface area contributed by atoms with Gasteiger partial charge in [0.1, 0.15) is 5.75 Å². The summed E-state index contributed by atoms with van der Waals surface area (Å²) in [4.78, 5) is 19.1. The lowest BCUT2D eigenvalue weighted by Crippen LogP contribution is -2.49. The van der Waals surface area contributed by atoms with Crippen molar-refractivity contribution < 1.29 is 9.53 Å². The number of aryl methyl sites for hydroxylation is 1. The van der Waals surface area contributed by atoms with Gasteiger partial charge < -0.3 is 14.5 Å². The number of hydrogen-bond acceptors (Lipinski definition) is 4. The molecule has 2 aromatic carbocycles. The molecule has 0 bridgehead atoms. The molecule has 1 amide bonds. The number of likely N-dealkylation sites (N-methyl/N-ethyl adjacent to an activating group) is 1. The molecule has 0 radical (unpaired) electrons. The van der Waals surface area contributed by atoms with Gasteiger partial charge in [0.25, 0.3) is 0 Å². The molecule has 1 saturated heterocycles. The Bertz CT molecular complexity index is 770. The number of benzene rings is 2. The number of carbonyl (C=O) groups is 1. The summed E-state index contributed by atoms with van der Waals surface area (Å²) in [6, 6.07) is 16.4. The molecule has 3 rings (SSSR count). The molecule has 2 aromatic rings. The van der Waals surface area contributed by atoms with Crippen LogP contribution in [0.25, 0.3) is 0 Å². The number of piperazine rings is 1. The summed E-state index contributed by atoms with van der Waals surface area (Å²) in [5.41, 5.74) is 3.69. The molecule has 5 heteroatoms. The van der Waals surface area contributed by atoms with Gasteiger partial charge in [-0.2, -0.15) is 0 Å². The normalized spacial score (nSPS) is 14.9. The van der Waals surface area contributed by atoms with Crippen LogP contribution in [-0.4, -0.2) is 62.6 Å². The second kappa shape index (κ2) is 8.91. The number of amides is 1. The van der Waals surface area contributed by atoms with E-state index in [1.165, 1.54) is 11.3 Å². The van der Waals surface area contributed by atoms with Crippen molar-refractivity contribution in [3.63, 3.8) is 0 Å². The van der Waals surface area contributed by atoms with Crippen molar-refractivity contribution >= 4 is 11.6 Å². The molecule has 0 saturated carbocycles. The molecule has 1 heterocycles. The van der Waals surface area contributed by atoms with E-state index >= 15 is 0 Å². The van der Waals surface area contributed by atoms with E-state index in [4.69, 9.17) is 4.74 Å². The highest BCUT2D eigenvalue weighted by molar-refractivity contribution is 5.78. The fraction of sp³-hybridized carbons (Fsp3) is 0.409. The van der Waals surface area contributed by atoms with Gasteiger partial charge in [-0.15, -0.1) is 0 Å². The van der Waals surface area contributed by atoms with E-state index in [-0.39, 0.29) is 5.91 Å². The quantitative estimate of drug-likeness (QED) is 0.787. The molecule has 1 aliphatic rings. The summed E-state index contributed by atoms with van der Waals surface area (Å²) >= 11 is 0. The van der Waals surface area contributed by atoms with Gasteiger partial charge in [-0.25, -0.2) is 0 Å². The van der Waals surface area contributed by atoms with Crippen LogP contribution >= 0.6 is 0 Å². The van der Waals surface area contributed by atoms with E-state index in [2.05, 4.69) is 41.0 Å². The lowest BCUT2D eigenvalue weighted by molar-refractivity contribution is -0.131. The maximum Gasteiger partial charge on any atom is 0.236 e. The van der Waals surface area contributed by atoms with Crippen LogP contribution in [0.1, 0.15) is 11.1 Å². The second-order valence-electron chi connectivity index (χ2n) is 7.15. The van der Waals surface area contributed by atoms with Crippen molar-refractivity contribution in [1.29, 1.82) is 0 Å². The molecular formula is C22H29N3O2. The molecule has 5 nitrogen and oxygen atoms in total. The van der Waals surface area contributed by atoms with E-state index in [9.17, 15) is 4.79 Å². The minimum absolute atomic E-state index is 0.155.